The molecule has 0 N–H and O–H groups in total. The fourth-order valence-corrected chi connectivity index (χ4v) is 5.04. The van der Waals surface area contributed by atoms with E-state index in [0.717, 1.165) is 19.3 Å². The molecule has 1 amide bonds. The molecule has 0 spiro atoms. The number of nitrogens with zero attached hydrogens (tertiary/aromatic N) is 3. The molecule has 0 aliphatic carbocycles. The SMILES string of the molecule is C[C@@H]1CCC[C@@H](C)N1C(=O)CSc1nc2ccccc2c(=O)n1-c1ccccc1F. The van der Waals surface area contributed by atoms with Gasteiger partial charge in [-0.15, -0.1) is 0 Å². The molecule has 1 saturated heterocycles. The van der Waals surface area contributed by atoms with Crippen molar-refractivity contribution in [2.75, 3.05) is 5.75 Å². The van der Waals surface area contributed by atoms with E-state index in [4.69, 9.17) is 0 Å². The smallest absolute Gasteiger partial charge is 0.266 e. The van der Waals surface area contributed by atoms with Crippen molar-refractivity contribution >= 4 is 28.6 Å². The number of aromatic nitrogens is 2. The average Bonchev–Trinajstić information content (AvgIpc) is 2.73. The molecule has 156 valence electrons. The number of carbonyl (C=O) groups is 1. The van der Waals surface area contributed by atoms with Gasteiger partial charge in [0.2, 0.25) is 5.91 Å². The average molecular weight is 426 g/mol. The van der Waals surface area contributed by atoms with Crippen molar-refractivity contribution in [3.8, 4) is 5.69 Å². The van der Waals surface area contributed by atoms with Crippen LogP contribution in [0.15, 0.2) is 58.5 Å². The Morgan fingerprint density at radius 1 is 1.10 bits per heavy atom. The Balaban J connectivity index is 1.73. The van der Waals surface area contributed by atoms with Gasteiger partial charge in [-0.2, -0.15) is 0 Å². The summed E-state index contributed by atoms with van der Waals surface area (Å²) in [5.41, 5.74) is 0.320. The van der Waals surface area contributed by atoms with Crippen LogP contribution in [0.25, 0.3) is 16.6 Å². The Morgan fingerprint density at radius 2 is 1.77 bits per heavy atom. The molecule has 2 heterocycles. The Bertz CT molecular complexity index is 1140. The number of amides is 1. The Morgan fingerprint density at radius 3 is 2.50 bits per heavy atom. The predicted molar refractivity (Wildman–Crippen MR) is 118 cm³/mol. The Labute approximate surface area is 178 Å². The monoisotopic (exact) mass is 425 g/mol. The van der Waals surface area contributed by atoms with Crippen LogP contribution in [-0.4, -0.2) is 38.2 Å². The van der Waals surface area contributed by atoms with Crippen LogP contribution in [0.3, 0.4) is 0 Å². The van der Waals surface area contributed by atoms with Gasteiger partial charge in [-0.1, -0.05) is 36.0 Å². The number of para-hydroxylation sites is 2. The minimum absolute atomic E-state index is 0.0159. The molecule has 5 nitrogen and oxygen atoms in total. The first kappa shape index (κ1) is 20.6. The number of carbonyl (C=O) groups excluding carboxylic acids is 1. The molecule has 1 aliphatic heterocycles. The van der Waals surface area contributed by atoms with Crippen molar-refractivity contribution in [1.82, 2.24) is 14.5 Å². The molecule has 1 aliphatic rings. The van der Waals surface area contributed by atoms with E-state index in [1.54, 1.807) is 42.5 Å². The van der Waals surface area contributed by atoms with Gasteiger partial charge in [0.1, 0.15) is 5.82 Å². The van der Waals surface area contributed by atoms with E-state index in [9.17, 15) is 14.0 Å². The van der Waals surface area contributed by atoms with Crippen LogP contribution in [0.1, 0.15) is 33.1 Å². The van der Waals surface area contributed by atoms with Gasteiger partial charge in [0, 0.05) is 12.1 Å². The molecule has 0 unspecified atom stereocenters. The number of thioether (sulfide) groups is 1. The standard InChI is InChI=1S/C23H24FN3O2S/c1-15-8-7-9-16(2)26(15)21(28)14-30-23-25-19-12-5-3-10-17(19)22(29)27(23)20-13-6-4-11-18(20)24/h3-6,10-13,15-16H,7-9,14H2,1-2H3/t15-,16-/m1/s1. The summed E-state index contributed by atoms with van der Waals surface area (Å²) in [6, 6.07) is 13.5. The number of hydrogen-bond acceptors (Lipinski definition) is 4. The maximum absolute atomic E-state index is 14.6. The van der Waals surface area contributed by atoms with Gasteiger partial charge in [-0.3, -0.25) is 14.2 Å². The van der Waals surface area contributed by atoms with E-state index in [0.29, 0.717) is 16.1 Å². The number of likely N-dealkylation sites (tertiary alicyclic amines) is 1. The molecule has 2 aromatic carbocycles. The highest BCUT2D eigenvalue weighted by Crippen LogP contribution is 2.26. The molecule has 3 aromatic rings. The molecule has 1 aromatic heterocycles. The van der Waals surface area contributed by atoms with Crippen LogP contribution >= 0.6 is 11.8 Å². The van der Waals surface area contributed by atoms with Crippen molar-refractivity contribution < 1.29 is 9.18 Å². The Kier molecular flexibility index (Phi) is 5.90. The van der Waals surface area contributed by atoms with Crippen LogP contribution in [-0.2, 0) is 4.79 Å². The summed E-state index contributed by atoms with van der Waals surface area (Å²) in [5, 5.41) is 0.726. The van der Waals surface area contributed by atoms with E-state index >= 15 is 0 Å². The van der Waals surface area contributed by atoms with Crippen molar-refractivity contribution in [2.45, 2.75) is 50.4 Å². The molecule has 1 fully saturated rings. The second kappa shape index (κ2) is 8.60. The number of benzene rings is 2. The minimum atomic E-state index is -0.511. The highest BCUT2D eigenvalue weighted by atomic mass is 32.2. The third-order valence-corrected chi connectivity index (χ3v) is 6.57. The zero-order valence-electron chi connectivity index (χ0n) is 17.0. The molecule has 0 saturated carbocycles. The van der Waals surface area contributed by atoms with Crippen LogP contribution < -0.4 is 5.56 Å². The molecule has 2 atom stereocenters. The molecular formula is C23H24FN3O2S. The summed E-state index contributed by atoms with van der Waals surface area (Å²) in [6.07, 6.45) is 3.11. The molecule has 30 heavy (non-hydrogen) atoms. The van der Waals surface area contributed by atoms with Gasteiger partial charge >= 0.3 is 0 Å². The Hall–Kier alpha value is -2.67. The number of halogens is 1. The van der Waals surface area contributed by atoms with Crippen molar-refractivity contribution in [3.63, 3.8) is 0 Å². The van der Waals surface area contributed by atoms with Gasteiger partial charge < -0.3 is 4.90 Å². The van der Waals surface area contributed by atoms with E-state index in [-0.39, 0.29) is 35.0 Å². The third-order valence-electron chi connectivity index (χ3n) is 5.64. The quantitative estimate of drug-likeness (QED) is 0.459. The van der Waals surface area contributed by atoms with E-state index in [2.05, 4.69) is 18.8 Å². The molecule has 0 bridgehead atoms. The highest BCUT2D eigenvalue weighted by Gasteiger charge is 2.29. The van der Waals surface area contributed by atoms with Gasteiger partial charge in [-0.25, -0.2) is 9.37 Å². The summed E-state index contributed by atoms with van der Waals surface area (Å²) >= 11 is 1.18. The van der Waals surface area contributed by atoms with Crippen LogP contribution in [0.5, 0.6) is 0 Å². The van der Waals surface area contributed by atoms with E-state index in [1.165, 1.54) is 22.4 Å². The van der Waals surface area contributed by atoms with E-state index in [1.807, 2.05) is 4.90 Å². The number of fused-ring (bicyclic) bond motifs is 1. The summed E-state index contributed by atoms with van der Waals surface area (Å²) in [7, 11) is 0. The summed E-state index contributed by atoms with van der Waals surface area (Å²) < 4.78 is 15.8. The largest absolute Gasteiger partial charge is 0.337 e. The second-order valence-electron chi connectivity index (χ2n) is 7.72. The van der Waals surface area contributed by atoms with Crippen LogP contribution in [0.2, 0.25) is 0 Å². The van der Waals surface area contributed by atoms with Gasteiger partial charge in [-0.05, 0) is 57.4 Å². The number of piperidine rings is 1. The molecule has 4 rings (SSSR count). The highest BCUT2D eigenvalue weighted by molar-refractivity contribution is 7.99. The predicted octanol–water partition coefficient (Wildman–Crippen LogP) is 4.41. The summed E-state index contributed by atoms with van der Waals surface area (Å²) in [6.45, 7) is 4.14. The fourth-order valence-electron chi connectivity index (χ4n) is 4.17. The molecule has 0 radical (unpaired) electrons. The van der Waals surface area contributed by atoms with Gasteiger partial charge in [0.05, 0.1) is 22.3 Å². The third kappa shape index (κ3) is 3.86. The summed E-state index contributed by atoms with van der Waals surface area (Å²) in [4.78, 5) is 32.7. The number of hydrogen-bond donors (Lipinski definition) is 0. The van der Waals surface area contributed by atoms with Gasteiger partial charge in [0.15, 0.2) is 5.16 Å². The lowest BCUT2D eigenvalue weighted by molar-refractivity contribution is -0.134. The zero-order chi connectivity index (χ0) is 21.3. The van der Waals surface area contributed by atoms with Crippen LogP contribution in [0.4, 0.5) is 4.39 Å². The maximum atomic E-state index is 14.6. The lowest BCUT2D eigenvalue weighted by atomic mass is 9.98. The van der Waals surface area contributed by atoms with Gasteiger partial charge in [0.25, 0.3) is 5.56 Å². The lowest BCUT2D eigenvalue weighted by Crippen LogP contribution is -2.48. The topological polar surface area (TPSA) is 55.2 Å². The first-order chi connectivity index (χ1) is 14.5. The molecular weight excluding hydrogens is 401 g/mol. The maximum Gasteiger partial charge on any atom is 0.266 e. The normalized spacial score (nSPS) is 19.2. The van der Waals surface area contributed by atoms with Crippen LogP contribution in [0, 0.1) is 5.82 Å². The fraction of sp³-hybridized carbons (Fsp3) is 0.348. The number of rotatable bonds is 4. The minimum Gasteiger partial charge on any atom is -0.337 e. The second-order valence-corrected chi connectivity index (χ2v) is 8.66. The summed E-state index contributed by atoms with van der Waals surface area (Å²) in [5.74, 6) is -0.348. The van der Waals surface area contributed by atoms with Crippen molar-refractivity contribution in [2.24, 2.45) is 0 Å². The molecule has 7 heteroatoms. The first-order valence-corrected chi connectivity index (χ1v) is 11.2. The van der Waals surface area contributed by atoms with Crippen molar-refractivity contribution in [3.05, 3.63) is 64.7 Å². The van der Waals surface area contributed by atoms with Crippen molar-refractivity contribution in [1.29, 1.82) is 0 Å². The van der Waals surface area contributed by atoms with E-state index < -0.39 is 5.82 Å². The first-order valence-electron chi connectivity index (χ1n) is 10.2. The zero-order valence-corrected chi connectivity index (χ0v) is 17.9. The lowest BCUT2D eigenvalue weighted by Gasteiger charge is -2.39.